The molecule has 0 aliphatic carbocycles. The van der Waals surface area contributed by atoms with Crippen LogP contribution in [0.25, 0.3) is 0 Å². The summed E-state index contributed by atoms with van der Waals surface area (Å²) in [4.78, 5) is 16.9. The van der Waals surface area contributed by atoms with Crippen molar-refractivity contribution in [3.63, 3.8) is 0 Å². The molecule has 110 valence electrons. The van der Waals surface area contributed by atoms with E-state index in [9.17, 15) is 4.79 Å². The van der Waals surface area contributed by atoms with Crippen molar-refractivity contribution in [3.05, 3.63) is 35.9 Å². The summed E-state index contributed by atoms with van der Waals surface area (Å²) in [7, 11) is 2.11. The molecule has 4 nitrogen and oxygen atoms in total. The summed E-state index contributed by atoms with van der Waals surface area (Å²) in [6.45, 7) is 5.13. The van der Waals surface area contributed by atoms with Crippen LogP contribution >= 0.6 is 0 Å². The highest BCUT2D eigenvalue weighted by Crippen LogP contribution is 2.14. The van der Waals surface area contributed by atoms with Crippen molar-refractivity contribution in [2.45, 2.75) is 19.4 Å². The van der Waals surface area contributed by atoms with Crippen molar-refractivity contribution in [1.29, 1.82) is 0 Å². The SMILES string of the molecule is CC1CN(C(=O)C(CN)Cc2ccccc2)CCN1C. The highest BCUT2D eigenvalue weighted by atomic mass is 16.2. The average Bonchev–Trinajstić information content (AvgIpc) is 2.48. The molecule has 0 saturated carbocycles. The minimum atomic E-state index is -0.104. The van der Waals surface area contributed by atoms with Crippen LogP contribution in [0.5, 0.6) is 0 Å². The quantitative estimate of drug-likeness (QED) is 0.890. The molecular weight excluding hydrogens is 250 g/mol. The average molecular weight is 275 g/mol. The fourth-order valence-electron chi connectivity index (χ4n) is 2.68. The van der Waals surface area contributed by atoms with E-state index in [1.807, 2.05) is 23.1 Å². The lowest BCUT2D eigenvalue weighted by Crippen LogP contribution is -2.54. The number of carbonyl (C=O) groups is 1. The Morgan fingerprint density at radius 3 is 2.65 bits per heavy atom. The van der Waals surface area contributed by atoms with Gasteiger partial charge < -0.3 is 15.5 Å². The smallest absolute Gasteiger partial charge is 0.227 e. The molecular formula is C16H25N3O. The van der Waals surface area contributed by atoms with Crippen LogP contribution in [-0.4, -0.2) is 55.0 Å². The van der Waals surface area contributed by atoms with E-state index in [1.54, 1.807) is 0 Å². The molecule has 1 amide bonds. The second kappa shape index (κ2) is 6.86. The fraction of sp³-hybridized carbons (Fsp3) is 0.562. The number of carbonyl (C=O) groups excluding carboxylic acids is 1. The van der Waals surface area contributed by atoms with Crippen LogP contribution in [-0.2, 0) is 11.2 Å². The van der Waals surface area contributed by atoms with Gasteiger partial charge in [0.2, 0.25) is 5.91 Å². The van der Waals surface area contributed by atoms with E-state index in [0.717, 1.165) is 26.1 Å². The molecule has 0 spiro atoms. The lowest BCUT2D eigenvalue weighted by Gasteiger charge is -2.39. The van der Waals surface area contributed by atoms with Gasteiger partial charge in [-0.2, -0.15) is 0 Å². The summed E-state index contributed by atoms with van der Waals surface area (Å²) >= 11 is 0. The van der Waals surface area contributed by atoms with Gasteiger partial charge in [0.1, 0.15) is 0 Å². The Kier molecular flexibility index (Phi) is 5.15. The number of nitrogens with zero attached hydrogens (tertiary/aromatic N) is 2. The predicted molar refractivity (Wildman–Crippen MR) is 81.4 cm³/mol. The summed E-state index contributed by atoms with van der Waals surface area (Å²) in [5.41, 5.74) is 7.01. The maximum atomic E-state index is 12.6. The Balaban J connectivity index is 1.99. The first kappa shape index (κ1) is 15.0. The fourth-order valence-corrected chi connectivity index (χ4v) is 2.68. The van der Waals surface area contributed by atoms with Crippen LogP contribution in [0.3, 0.4) is 0 Å². The predicted octanol–water partition coefficient (Wildman–Crippen LogP) is 0.966. The Bertz CT molecular complexity index is 435. The van der Waals surface area contributed by atoms with Crippen molar-refractivity contribution in [3.8, 4) is 0 Å². The molecule has 20 heavy (non-hydrogen) atoms. The van der Waals surface area contributed by atoms with Crippen molar-refractivity contribution >= 4 is 5.91 Å². The molecule has 1 aromatic rings. The monoisotopic (exact) mass is 275 g/mol. The van der Waals surface area contributed by atoms with E-state index in [4.69, 9.17) is 5.73 Å². The van der Waals surface area contributed by atoms with Crippen LogP contribution in [0.15, 0.2) is 30.3 Å². The van der Waals surface area contributed by atoms with E-state index >= 15 is 0 Å². The van der Waals surface area contributed by atoms with E-state index in [1.165, 1.54) is 5.56 Å². The first-order valence-corrected chi connectivity index (χ1v) is 7.35. The highest BCUT2D eigenvalue weighted by Gasteiger charge is 2.28. The largest absolute Gasteiger partial charge is 0.340 e. The zero-order valence-corrected chi connectivity index (χ0v) is 12.5. The lowest BCUT2D eigenvalue weighted by atomic mass is 9.97. The van der Waals surface area contributed by atoms with Crippen molar-refractivity contribution < 1.29 is 4.79 Å². The van der Waals surface area contributed by atoms with Gasteiger partial charge in [-0.3, -0.25) is 4.79 Å². The molecule has 2 N–H and O–H groups in total. The minimum absolute atomic E-state index is 0.104. The molecule has 0 aromatic heterocycles. The van der Waals surface area contributed by atoms with Crippen LogP contribution in [0.1, 0.15) is 12.5 Å². The van der Waals surface area contributed by atoms with Gasteiger partial charge in [0.15, 0.2) is 0 Å². The number of hydrogen-bond donors (Lipinski definition) is 1. The van der Waals surface area contributed by atoms with Crippen LogP contribution in [0, 0.1) is 5.92 Å². The zero-order chi connectivity index (χ0) is 14.5. The number of benzene rings is 1. The molecule has 1 heterocycles. The van der Waals surface area contributed by atoms with Gasteiger partial charge in [-0.1, -0.05) is 30.3 Å². The number of piperazine rings is 1. The van der Waals surface area contributed by atoms with Crippen molar-refractivity contribution in [1.82, 2.24) is 9.80 Å². The second-order valence-electron chi connectivity index (χ2n) is 5.74. The molecule has 1 fully saturated rings. The Morgan fingerprint density at radius 1 is 1.35 bits per heavy atom. The third kappa shape index (κ3) is 3.58. The van der Waals surface area contributed by atoms with Crippen LogP contribution < -0.4 is 5.73 Å². The molecule has 1 aromatic carbocycles. The Morgan fingerprint density at radius 2 is 2.05 bits per heavy atom. The van der Waals surface area contributed by atoms with E-state index < -0.39 is 0 Å². The van der Waals surface area contributed by atoms with Crippen molar-refractivity contribution in [2.24, 2.45) is 11.7 Å². The molecule has 2 rings (SSSR count). The van der Waals surface area contributed by atoms with Gasteiger partial charge in [0.05, 0.1) is 5.92 Å². The van der Waals surface area contributed by atoms with Gasteiger partial charge in [-0.25, -0.2) is 0 Å². The van der Waals surface area contributed by atoms with Crippen molar-refractivity contribution in [2.75, 3.05) is 33.2 Å². The Hall–Kier alpha value is -1.39. The summed E-state index contributed by atoms with van der Waals surface area (Å²) in [6.07, 6.45) is 0.733. The number of nitrogens with two attached hydrogens (primary N) is 1. The summed E-state index contributed by atoms with van der Waals surface area (Å²) in [5, 5.41) is 0. The Labute approximate surface area is 121 Å². The first-order valence-electron chi connectivity index (χ1n) is 7.35. The minimum Gasteiger partial charge on any atom is -0.340 e. The molecule has 1 aliphatic rings. The van der Waals surface area contributed by atoms with Gasteiger partial charge in [-0.15, -0.1) is 0 Å². The topological polar surface area (TPSA) is 49.6 Å². The third-order valence-electron chi connectivity index (χ3n) is 4.23. The second-order valence-corrected chi connectivity index (χ2v) is 5.74. The van der Waals surface area contributed by atoms with Gasteiger partial charge >= 0.3 is 0 Å². The number of hydrogen-bond acceptors (Lipinski definition) is 3. The highest BCUT2D eigenvalue weighted by molar-refractivity contribution is 5.79. The maximum absolute atomic E-state index is 12.6. The van der Waals surface area contributed by atoms with Gasteiger partial charge in [-0.05, 0) is 26.0 Å². The molecule has 1 aliphatic heterocycles. The molecule has 0 bridgehead atoms. The van der Waals surface area contributed by atoms with E-state index in [-0.39, 0.29) is 11.8 Å². The normalized spacial score (nSPS) is 21.8. The first-order chi connectivity index (χ1) is 9.61. The third-order valence-corrected chi connectivity index (χ3v) is 4.23. The summed E-state index contributed by atoms with van der Waals surface area (Å²) in [6, 6.07) is 10.5. The summed E-state index contributed by atoms with van der Waals surface area (Å²) < 4.78 is 0. The zero-order valence-electron chi connectivity index (χ0n) is 12.5. The molecule has 1 saturated heterocycles. The molecule has 4 heteroatoms. The number of amides is 1. The molecule has 2 atom stereocenters. The number of likely N-dealkylation sites (N-methyl/N-ethyl adjacent to an activating group) is 1. The van der Waals surface area contributed by atoms with Crippen LogP contribution in [0.4, 0.5) is 0 Å². The lowest BCUT2D eigenvalue weighted by molar-refractivity contribution is -0.137. The standard InChI is InChI=1S/C16H25N3O/c1-13-12-19(9-8-18(13)2)16(20)15(11-17)10-14-6-4-3-5-7-14/h3-7,13,15H,8-12,17H2,1-2H3. The van der Waals surface area contributed by atoms with Gasteiger partial charge in [0, 0.05) is 32.2 Å². The van der Waals surface area contributed by atoms with Crippen LogP contribution in [0.2, 0.25) is 0 Å². The maximum Gasteiger partial charge on any atom is 0.227 e. The number of rotatable bonds is 4. The molecule has 0 radical (unpaired) electrons. The summed E-state index contributed by atoms with van der Waals surface area (Å²) in [5.74, 6) is 0.101. The van der Waals surface area contributed by atoms with E-state index in [2.05, 4.69) is 31.0 Å². The van der Waals surface area contributed by atoms with Gasteiger partial charge in [0.25, 0.3) is 0 Å². The van der Waals surface area contributed by atoms with E-state index in [0.29, 0.717) is 12.6 Å². The molecule has 2 unspecified atom stereocenters.